The number of benzene rings is 1. The molecule has 2 aromatic heterocycles. The van der Waals surface area contributed by atoms with Crippen molar-refractivity contribution < 1.29 is 9.32 Å². The van der Waals surface area contributed by atoms with E-state index in [1.807, 2.05) is 48.7 Å². The van der Waals surface area contributed by atoms with E-state index < -0.39 is 0 Å². The second-order valence-electron chi connectivity index (χ2n) is 6.06. The molecule has 1 aliphatic rings. The topological polar surface area (TPSA) is 68.0 Å². The van der Waals surface area contributed by atoms with Gasteiger partial charge in [0.2, 0.25) is 0 Å². The number of hydrogen-bond acceptors (Lipinski definition) is 5. The molecule has 24 heavy (non-hydrogen) atoms. The van der Waals surface area contributed by atoms with Gasteiger partial charge in [0.15, 0.2) is 5.76 Å². The van der Waals surface area contributed by atoms with E-state index in [0.29, 0.717) is 17.2 Å². The van der Waals surface area contributed by atoms with Gasteiger partial charge in [0.25, 0.3) is 5.91 Å². The first-order chi connectivity index (χ1) is 11.7. The highest BCUT2D eigenvalue weighted by Gasteiger charge is 2.35. The molecule has 1 aliphatic carbocycles. The molecule has 1 atom stereocenters. The summed E-state index contributed by atoms with van der Waals surface area (Å²) in [6, 6.07) is 11.1. The molecule has 0 spiro atoms. The maximum Gasteiger partial charge on any atom is 0.251 e. The Morgan fingerprint density at radius 2 is 2.12 bits per heavy atom. The number of carbonyl (C=O) groups excluding carboxylic acids is 1. The van der Waals surface area contributed by atoms with Crippen LogP contribution in [0, 0.1) is 12.8 Å². The Hall–Kier alpha value is -2.47. The van der Waals surface area contributed by atoms with E-state index in [2.05, 4.69) is 15.5 Å². The smallest absolute Gasteiger partial charge is 0.251 e. The number of hydrogen-bond donors (Lipinski definition) is 1. The summed E-state index contributed by atoms with van der Waals surface area (Å²) in [5, 5.41) is 9.93. The first kappa shape index (κ1) is 15.1. The Morgan fingerprint density at radius 3 is 2.79 bits per heavy atom. The first-order valence-corrected chi connectivity index (χ1v) is 8.84. The van der Waals surface area contributed by atoms with E-state index in [-0.39, 0.29) is 11.9 Å². The highest BCUT2D eigenvalue weighted by atomic mass is 32.1. The van der Waals surface area contributed by atoms with Crippen molar-refractivity contribution in [2.24, 2.45) is 5.92 Å². The van der Waals surface area contributed by atoms with Crippen LogP contribution in [0.4, 0.5) is 0 Å². The molecular weight excluding hydrogens is 322 g/mol. The SMILES string of the molecule is Cc1cc(-c2csc(C(NC(=O)c3ccccc3)C3CC3)n2)on1. The number of aryl methyl sites for hydroxylation is 1. The average Bonchev–Trinajstić information content (AvgIpc) is 3.16. The molecule has 122 valence electrons. The maximum absolute atomic E-state index is 12.5. The highest BCUT2D eigenvalue weighted by molar-refractivity contribution is 7.10. The van der Waals surface area contributed by atoms with Crippen molar-refractivity contribution >= 4 is 17.2 Å². The second kappa shape index (κ2) is 6.20. The van der Waals surface area contributed by atoms with Crippen LogP contribution in [0.25, 0.3) is 11.5 Å². The van der Waals surface area contributed by atoms with Gasteiger partial charge < -0.3 is 9.84 Å². The molecule has 1 saturated carbocycles. The minimum absolute atomic E-state index is 0.0412. The van der Waals surface area contributed by atoms with Crippen molar-refractivity contribution in [3.8, 4) is 11.5 Å². The molecule has 0 bridgehead atoms. The van der Waals surface area contributed by atoms with Gasteiger partial charge in [-0.3, -0.25) is 4.79 Å². The van der Waals surface area contributed by atoms with Crippen LogP contribution in [0.3, 0.4) is 0 Å². The zero-order valence-corrected chi connectivity index (χ0v) is 14.0. The van der Waals surface area contributed by atoms with Crippen molar-refractivity contribution in [3.05, 3.63) is 58.0 Å². The molecule has 0 aliphatic heterocycles. The van der Waals surface area contributed by atoms with Gasteiger partial charge in [0.05, 0.1) is 11.7 Å². The summed E-state index contributed by atoms with van der Waals surface area (Å²) in [6.07, 6.45) is 2.24. The summed E-state index contributed by atoms with van der Waals surface area (Å²) in [4.78, 5) is 17.2. The third-order valence-electron chi connectivity index (χ3n) is 4.08. The van der Waals surface area contributed by atoms with E-state index in [1.54, 1.807) is 11.3 Å². The Balaban J connectivity index is 1.56. The molecule has 1 unspecified atom stereocenters. The lowest BCUT2D eigenvalue weighted by Gasteiger charge is -2.15. The van der Waals surface area contributed by atoms with E-state index in [4.69, 9.17) is 4.52 Å². The van der Waals surface area contributed by atoms with Crippen LogP contribution in [0.5, 0.6) is 0 Å². The Bertz CT molecular complexity index is 852. The summed E-state index contributed by atoms with van der Waals surface area (Å²) < 4.78 is 5.28. The van der Waals surface area contributed by atoms with E-state index in [9.17, 15) is 4.79 Å². The third-order valence-corrected chi connectivity index (χ3v) is 5.01. The van der Waals surface area contributed by atoms with Gasteiger partial charge in [-0.1, -0.05) is 23.4 Å². The predicted molar refractivity (Wildman–Crippen MR) is 91.7 cm³/mol. The van der Waals surface area contributed by atoms with Crippen molar-refractivity contribution in [1.82, 2.24) is 15.5 Å². The lowest BCUT2D eigenvalue weighted by atomic mass is 10.1. The lowest BCUT2D eigenvalue weighted by molar-refractivity contribution is 0.0931. The number of thiazole rings is 1. The molecule has 0 saturated heterocycles. The fourth-order valence-electron chi connectivity index (χ4n) is 2.65. The van der Waals surface area contributed by atoms with Gasteiger partial charge in [-0.05, 0) is 37.8 Å². The quantitative estimate of drug-likeness (QED) is 0.763. The molecule has 5 nitrogen and oxygen atoms in total. The average molecular weight is 339 g/mol. The molecule has 1 aromatic carbocycles. The summed E-state index contributed by atoms with van der Waals surface area (Å²) in [6.45, 7) is 1.88. The number of rotatable bonds is 5. The molecular formula is C18H17N3O2S. The first-order valence-electron chi connectivity index (χ1n) is 7.96. The van der Waals surface area contributed by atoms with Gasteiger partial charge in [-0.25, -0.2) is 4.98 Å². The molecule has 0 radical (unpaired) electrons. The van der Waals surface area contributed by atoms with Crippen molar-refractivity contribution in [2.45, 2.75) is 25.8 Å². The van der Waals surface area contributed by atoms with Crippen molar-refractivity contribution in [3.63, 3.8) is 0 Å². The van der Waals surface area contributed by atoms with E-state index >= 15 is 0 Å². The fraction of sp³-hybridized carbons (Fsp3) is 0.278. The minimum Gasteiger partial charge on any atom is -0.354 e. The molecule has 4 rings (SSSR count). The number of carbonyl (C=O) groups is 1. The normalized spacial score (nSPS) is 15.2. The minimum atomic E-state index is -0.0558. The number of aromatic nitrogens is 2. The molecule has 1 N–H and O–H groups in total. The summed E-state index contributed by atoms with van der Waals surface area (Å²) in [5.41, 5.74) is 2.27. The Morgan fingerprint density at radius 1 is 1.33 bits per heavy atom. The number of amides is 1. The Labute approximate surface area is 143 Å². The van der Waals surface area contributed by atoms with Crippen LogP contribution in [-0.2, 0) is 0 Å². The summed E-state index contributed by atoms with van der Waals surface area (Å²) in [5.74, 6) is 1.08. The van der Waals surface area contributed by atoms with Gasteiger partial charge in [0.1, 0.15) is 10.7 Å². The number of nitrogens with zero attached hydrogens (tertiary/aromatic N) is 2. The zero-order chi connectivity index (χ0) is 16.5. The van der Waals surface area contributed by atoms with Crippen molar-refractivity contribution in [1.29, 1.82) is 0 Å². The van der Waals surface area contributed by atoms with Crippen LogP contribution in [0.15, 0.2) is 46.3 Å². The fourth-order valence-corrected chi connectivity index (χ4v) is 3.60. The van der Waals surface area contributed by atoms with Gasteiger partial charge in [0, 0.05) is 17.0 Å². The van der Waals surface area contributed by atoms with Gasteiger partial charge in [-0.2, -0.15) is 0 Å². The summed E-state index contributed by atoms with van der Waals surface area (Å²) in [7, 11) is 0. The van der Waals surface area contributed by atoms with Gasteiger partial charge in [-0.15, -0.1) is 11.3 Å². The van der Waals surface area contributed by atoms with Crippen LogP contribution in [0.1, 0.15) is 39.9 Å². The molecule has 1 amide bonds. The van der Waals surface area contributed by atoms with Gasteiger partial charge >= 0.3 is 0 Å². The lowest BCUT2D eigenvalue weighted by Crippen LogP contribution is -2.29. The molecule has 3 aromatic rings. The molecule has 2 heterocycles. The van der Waals surface area contributed by atoms with Crippen LogP contribution < -0.4 is 5.32 Å². The van der Waals surface area contributed by atoms with E-state index in [0.717, 1.165) is 29.2 Å². The predicted octanol–water partition coefficient (Wildman–Crippen LogP) is 3.99. The van der Waals surface area contributed by atoms with Crippen LogP contribution >= 0.6 is 11.3 Å². The highest BCUT2D eigenvalue weighted by Crippen LogP contribution is 2.42. The number of nitrogens with one attached hydrogen (secondary N) is 1. The van der Waals surface area contributed by atoms with Crippen molar-refractivity contribution in [2.75, 3.05) is 0 Å². The largest absolute Gasteiger partial charge is 0.354 e. The molecule has 1 fully saturated rings. The third kappa shape index (κ3) is 3.10. The zero-order valence-electron chi connectivity index (χ0n) is 13.2. The summed E-state index contributed by atoms with van der Waals surface area (Å²) >= 11 is 1.55. The standard InChI is InChI=1S/C18H17N3O2S/c1-11-9-15(23-21-11)14-10-24-18(19-14)16(12-7-8-12)20-17(22)13-5-3-2-4-6-13/h2-6,9-10,12,16H,7-8H2,1H3,(H,20,22). The second-order valence-corrected chi connectivity index (χ2v) is 6.95. The van der Waals surface area contributed by atoms with E-state index in [1.165, 1.54) is 0 Å². The van der Waals surface area contributed by atoms with Crippen LogP contribution in [0.2, 0.25) is 0 Å². The molecule has 6 heteroatoms. The Kier molecular flexibility index (Phi) is 3.90. The monoisotopic (exact) mass is 339 g/mol. The van der Waals surface area contributed by atoms with Crippen LogP contribution in [-0.4, -0.2) is 16.0 Å². The maximum atomic E-state index is 12.5.